The molecule has 1 N–H and O–H groups in total. The van der Waals surface area contributed by atoms with Crippen molar-refractivity contribution < 1.29 is 51.3 Å². The van der Waals surface area contributed by atoms with Crippen molar-refractivity contribution in [3.8, 4) is 11.5 Å². The van der Waals surface area contributed by atoms with E-state index in [0.717, 1.165) is 27.3 Å². The number of hydrogen-bond donors (Lipinski definition) is 1. The zero-order chi connectivity index (χ0) is 47.1. The van der Waals surface area contributed by atoms with Gasteiger partial charge in [-0.25, -0.2) is 13.9 Å². The normalized spacial score (nSPS) is 21.7. The Morgan fingerprint density at radius 1 is 0.758 bits per heavy atom. The van der Waals surface area contributed by atoms with Crippen LogP contribution in [0.2, 0.25) is 0 Å². The molecular weight excluding hydrogens is 913 g/mol. The summed E-state index contributed by atoms with van der Waals surface area (Å²) in [7, 11) is 6.20. The maximum Gasteiger partial charge on any atom is 0.330 e. The van der Waals surface area contributed by atoms with Gasteiger partial charge in [0.2, 0.25) is 0 Å². The second kappa shape index (κ2) is 25.8. The molecule has 2 aliphatic rings. The number of aromatic amines is 1. The molecule has 7 atom stereocenters. The maximum atomic E-state index is 17.6. The summed E-state index contributed by atoms with van der Waals surface area (Å²) in [5.74, 6) is 2.57. The van der Waals surface area contributed by atoms with Crippen molar-refractivity contribution in [3.63, 3.8) is 0 Å². The minimum Gasteiger partial charge on any atom is -0.497 e. The van der Waals surface area contributed by atoms with Crippen LogP contribution in [-0.4, -0.2) is 136 Å². The van der Waals surface area contributed by atoms with E-state index < -0.39 is 56.1 Å². The topological polar surface area (TPSA) is 150 Å². The van der Waals surface area contributed by atoms with Crippen molar-refractivity contribution in [2.45, 2.75) is 82.2 Å². The molecule has 0 amide bonds. The Kier molecular flexibility index (Phi) is 20.4. The van der Waals surface area contributed by atoms with E-state index >= 15 is 4.39 Å². The quantitative estimate of drug-likeness (QED) is 0.0289. The highest BCUT2D eigenvalue weighted by Gasteiger charge is 2.52. The van der Waals surface area contributed by atoms with E-state index in [4.69, 9.17) is 46.9 Å². The second-order valence-corrected chi connectivity index (χ2v) is 20.0. The number of nitrogens with zero attached hydrogens (tertiary/aromatic N) is 2. The van der Waals surface area contributed by atoms with Gasteiger partial charge in [0, 0.05) is 43.0 Å². The van der Waals surface area contributed by atoms with Crippen LogP contribution in [0, 0.1) is 0 Å². The van der Waals surface area contributed by atoms with E-state index in [-0.39, 0.29) is 24.8 Å². The highest BCUT2D eigenvalue weighted by atomic mass is 33.1. The summed E-state index contributed by atoms with van der Waals surface area (Å²) >= 11 is 0. The van der Waals surface area contributed by atoms with Gasteiger partial charge < -0.3 is 46.9 Å². The molecular formula is C47H63FN3O12PS2. The summed E-state index contributed by atoms with van der Waals surface area (Å²) < 4.78 is 82.2. The van der Waals surface area contributed by atoms with Gasteiger partial charge in [0.15, 0.2) is 12.4 Å². The van der Waals surface area contributed by atoms with Gasteiger partial charge in [-0.3, -0.25) is 14.3 Å². The number of nitrogens with one attached hydrogen (secondary N) is 1. The Bertz CT molecular complexity index is 2100. The van der Waals surface area contributed by atoms with Crippen LogP contribution in [0.3, 0.4) is 0 Å². The molecule has 1 aromatic heterocycles. The lowest BCUT2D eigenvalue weighted by molar-refractivity contribution is -0.0945. The zero-order valence-electron chi connectivity index (χ0n) is 38.6. The number of methoxy groups -OCH3 is 3. The van der Waals surface area contributed by atoms with Gasteiger partial charge >= 0.3 is 5.69 Å². The minimum absolute atomic E-state index is 0.0795. The summed E-state index contributed by atoms with van der Waals surface area (Å²) in [5.41, 5.74) is -0.416. The van der Waals surface area contributed by atoms with Gasteiger partial charge in [-0.15, -0.1) is 0 Å². The largest absolute Gasteiger partial charge is 0.497 e. The van der Waals surface area contributed by atoms with Crippen LogP contribution in [0.4, 0.5) is 4.39 Å². The van der Waals surface area contributed by atoms with Gasteiger partial charge in [-0.05, 0) is 68.7 Å². The third-order valence-corrected chi connectivity index (χ3v) is 15.6. The SMILES string of the molecule is COCCOCCOCCOC1CSSC[C@H]1OP(OC1C(COC(c2ccccc2)(c2ccc(OC)cc2)c2ccc(OC)cc2)OC(n2ccc(=O)[nH]c2=O)[C@@H]1F)N(C(C)C)C(C)C. The molecule has 0 radical (unpaired) electrons. The van der Waals surface area contributed by atoms with E-state index in [0.29, 0.717) is 62.6 Å². The van der Waals surface area contributed by atoms with E-state index in [1.165, 1.54) is 6.20 Å². The van der Waals surface area contributed by atoms with Gasteiger partial charge in [-0.2, -0.15) is 0 Å². The molecule has 362 valence electrons. The summed E-state index contributed by atoms with van der Waals surface area (Å²) in [6, 6.07) is 25.9. The van der Waals surface area contributed by atoms with Crippen molar-refractivity contribution in [2.24, 2.45) is 0 Å². The molecule has 2 saturated heterocycles. The predicted molar refractivity (Wildman–Crippen MR) is 255 cm³/mol. The van der Waals surface area contributed by atoms with Crippen LogP contribution in [0.25, 0.3) is 0 Å². The first-order valence-corrected chi connectivity index (χ1v) is 25.6. The standard InChI is InChI=1S/C47H63FN3O12PS2/c1-32(2)51(33(3)4)64(62-41-31-66-65-30-40(41)59-28-27-58-26-25-57-24-23-54-5)63-44-39(61-45(43(44)48)50-22-21-42(52)49-46(50)53)29-60-47(34-11-9-8-10-12-34,35-13-17-37(55-6)18-14-35)36-15-19-38(56-7)20-16-36/h8-22,32-33,39-41,43-45H,23-31H2,1-7H3,(H,49,52,53)/t39?,40?,41-,43-,44?,45?,64?/m1/s1. The summed E-state index contributed by atoms with van der Waals surface area (Å²) in [6.45, 7) is 10.6. The van der Waals surface area contributed by atoms with Crippen LogP contribution in [0.1, 0.15) is 50.6 Å². The summed E-state index contributed by atoms with van der Waals surface area (Å²) in [6.07, 6.45) is -5.30. The molecule has 66 heavy (non-hydrogen) atoms. The fourth-order valence-electron chi connectivity index (χ4n) is 7.84. The number of aromatic nitrogens is 2. The van der Waals surface area contributed by atoms with Crippen LogP contribution >= 0.6 is 30.1 Å². The van der Waals surface area contributed by atoms with E-state index in [1.54, 1.807) is 42.9 Å². The van der Waals surface area contributed by atoms with Crippen molar-refractivity contribution in [3.05, 3.63) is 129 Å². The number of alkyl halides is 1. The Morgan fingerprint density at radius 2 is 1.32 bits per heavy atom. The average molecular weight is 976 g/mol. The number of benzene rings is 3. The molecule has 19 heteroatoms. The van der Waals surface area contributed by atoms with Crippen molar-refractivity contribution >= 4 is 30.1 Å². The van der Waals surface area contributed by atoms with Crippen LogP contribution in [-0.2, 0) is 43.1 Å². The molecule has 2 fully saturated rings. The molecule has 0 spiro atoms. The molecule has 5 unspecified atom stereocenters. The monoisotopic (exact) mass is 975 g/mol. The first-order chi connectivity index (χ1) is 32.0. The Morgan fingerprint density at radius 3 is 1.88 bits per heavy atom. The lowest BCUT2D eigenvalue weighted by Gasteiger charge is -2.41. The third-order valence-electron chi connectivity index (χ3n) is 11.0. The van der Waals surface area contributed by atoms with E-state index in [9.17, 15) is 9.59 Å². The van der Waals surface area contributed by atoms with Crippen molar-refractivity contribution in [1.82, 2.24) is 14.2 Å². The van der Waals surface area contributed by atoms with Gasteiger partial charge in [0.05, 0.1) is 66.6 Å². The third kappa shape index (κ3) is 13.2. The Hall–Kier alpha value is -3.36. The number of rotatable bonds is 26. The molecule has 2 aliphatic heterocycles. The smallest absolute Gasteiger partial charge is 0.330 e. The molecule has 3 heterocycles. The summed E-state index contributed by atoms with van der Waals surface area (Å²) in [4.78, 5) is 27.7. The lowest BCUT2D eigenvalue weighted by Crippen LogP contribution is -2.44. The van der Waals surface area contributed by atoms with Crippen LogP contribution < -0.4 is 20.7 Å². The van der Waals surface area contributed by atoms with Crippen LogP contribution in [0.15, 0.2) is 101 Å². The van der Waals surface area contributed by atoms with Gasteiger partial charge in [0.1, 0.15) is 35.4 Å². The maximum absolute atomic E-state index is 17.6. The molecule has 4 aromatic rings. The Labute approximate surface area is 395 Å². The predicted octanol–water partition coefficient (Wildman–Crippen LogP) is 7.37. The fraction of sp³-hybridized carbons (Fsp3) is 0.532. The van der Waals surface area contributed by atoms with Gasteiger partial charge in [0.25, 0.3) is 14.1 Å². The van der Waals surface area contributed by atoms with Gasteiger partial charge in [-0.1, -0.05) is 76.2 Å². The molecule has 6 rings (SSSR count). The molecule has 0 bridgehead atoms. The van der Waals surface area contributed by atoms with Crippen LogP contribution in [0.5, 0.6) is 11.5 Å². The average Bonchev–Trinajstić information content (AvgIpc) is 3.62. The first-order valence-electron chi connectivity index (χ1n) is 22.0. The molecule has 15 nitrogen and oxygen atoms in total. The van der Waals surface area contributed by atoms with E-state index in [2.05, 4.69) is 9.65 Å². The molecule has 3 aromatic carbocycles. The highest BCUT2D eigenvalue weighted by molar-refractivity contribution is 8.76. The molecule has 0 saturated carbocycles. The van der Waals surface area contributed by atoms with E-state index in [1.807, 2.05) is 107 Å². The highest BCUT2D eigenvalue weighted by Crippen LogP contribution is 2.53. The fourth-order valence-corrected chi connectivity index (χ4v) is 12.3. The number of halogens is 1. The van der Waals surface area contributed by atoms with Crippen molar-refractivity contribution in [1.29, 1.82) is 0 Å². The second-order valence-electron chi connectivity index (χ2n) is 16.1. The zero-order valence-corrected chi connectivity index (χ0v) is 41.1. The number of hydrogen-bond acceptors (Lipinski definition) is 15. The Balaban J connectivity index is 1.34. The van der Waals surface area contributed by atoms with Crippen molar-refractivity contribution in [2.75, 3.05) is 79.1 Å². The lowest BCUT2D eigenvalue weighted by atomic mass is 9.80. The molecule has 0 aliphatic carbocycles. The minimum atomic E-state index is -2.01. The number of ether oxygens (including phenoxy) is 8. The summed E-state index contributed by atoms with van der Waals surface area (Å²) in [5, 5.41) is 0. The number of H-pyrrole nitrogens is 1. The first kappa shape index (κ1) is 52.0.